The molecule has 34 heavy (non-hydrogen) atoms. The van der Waals surface area contributed by atoms with Crippen molar-refractivity contribution in [1.82, 2.24) is 19.7 Å². The van der Waals surface area contributed by atoms with Crippen molar-refractivity contribution < 1.29 is 13.2 Å². The smallest absolute Gasteiger partial charge is 0.266 e. The zero-order valence-corrected chi connectivity index (χ0v) is 19.7. The van der Waals surface area contributed by atoms with Crippen LogP contribution in [0.1, 0.15) is 0 Å². The second-order valence-corrected chi connectivity index (χ2v) is 9.70. The van der Waals surface area contributed by atoms with Gasteiger partial charge in [0.25, 0.3) is 10.0 Å². The average Bonchev–Trinajstić information content (AvgIpc) is 3.31. The van der Waals surface area contributed by atoms with Gasteiger partial charge in [-0.2, -0.15) is 5.10 Å². The van der Waals surface area contributed by atoms with Gasteiger partial charge in [0.1, 0.15) is 10.6 Å². The van der Waals surface area contributed by atoms with Crippen LogP contribution < -0.4 is 19.3 Å². The standard InChI is InChI=1S/C23H25N7O3S/c1-28-16-19(15-24-28)34(31,32)27-22-23(26-21-9-4-3-8-20(21)25-22)30-12-10-29(11-13-30)17-6-5-7-18(14-17)33-2/h3-9,14-16H,10-13H2,1-2H3,(H,25,27). The third-order valence-corrected chi connectivity index (χ3v) is 7.07. The van der Waals surface area contributed by atoms with Crippen LogP contribution in [-0.2, 0) is 17.1 Å². The molecule has 176 valence electrons. The summed E-state index contributed by atoms with van der Waals surface area (Å²) >= 11 is 0. The van der Waals surface area contributed by atoms with E-state index in [0.29, 0.717) is 29.9 Å². The van der Waals surface area contributed by atoms with E-state index in [1.54, 1.807) is 14.2 Å². The van der Waals surface area contributed by atoms with Crippen molar-refractivity contribution in [2.24, 2.45) is 7.05 Å². The number of nitrogens with one attached hydrogen (secondary N) is 1. The Bertz CT molecular complexity index is 1430. The van der Waals surface area contributed by atoms with E-state index in [9.17, 15) is 8.42 Å². The van der Waals surface area contributed by atoms with Crippen LogP contribution in [-0.4, -0.2) is 61.5 Å². The normalized spacial score (nSPS) is 14.4. The average molecular weight is 480 g/mol. The van der Waals surface area contributed by atoms with Crippen LogP contribution >= 0.6 is 0 Å². The first-order valence-corrected chi connectivity index (χ1v) is 12.3. The van der Waals surface area contributed by atoms with Crippen LogP contribution in [0.4, 0.5) is 17.3 Å². The lowest BCUT2D eigenvalue weighted by atomic mass is 10.2. The second-order valence-electron chi connectivity index (χ2n) is 8.02. The molecule has 0 unspecified atom stereocenters. The first-order chi connectivity index (χ1) is 16.4. The lowest BCUT2D eigenvalue weighted by molar-refractivity contribution is 0.414. The molecule has 2 aromatic heterocycles. The Morgan fingerprint density at radius 1 is 0.941 bits per heavy atom. The summed E-state index contributed by atoms with van der Waals surface area (Å²) in [5, 5.41) is 3.97. The number of hydrogen-bond acceptors (Lipinski definition) is 8. The molecule has 0 radical (unpaired) electrons. The Kier molecular flexibility index (Phi) is 5.70. The molecule has 1 aliphatic rings. The maximum Gasteiger partial charge on any atom is 0.266 e. The molecule has 1 aliphatic heterocycles. The Balaban J connectivity index is 1.44. The number of anilines is 3. The molecule has 1 fully saturated rings. The number of fused-ring (bicyclic) bond motifs is 1. The number of piperazine rings is 1. The minimum atomic E-state index is -3.87. The Hall–Kier alpha value is -3.86. The van der Waals surface area contributed by atoms with E-state index in [-0.39, 0.29) is 10.7 Å². The zero-order chi connectivity index (χ0) is 23.7. The van der Waals surface area contributed by atoms with Gasteiger partial charge in [-0.25, -0.2) is 18.4 Å². The van der Waals surface area contributed by atoms with Crippen molar-refractivity contribution >= 4 is 38.4 Å². The Morgan fingerprint density at radius 2 is 1.65 bits per heavy atom. The molecule has 0 spiro atoms. The molecule has 10 nitrogen and oxygen atoms in total. The van der Waals surface area contributed by atoms with Gasteiger partial charge < -0.3 is 14.5 Å². The number of para-hydroxylation sites is 2. The van der Waals surface area contributed by atoms with Gasteiger partial charge in [0.15, 0.2) is 11.6 Å². The fraction of sp³-hybridized carbons (Fsp3) is 0.261. The summed E-state index contributed by atoms with van der Waals surface area (Å²) in [7, 11) is -0.546. The molecule has 0 atom stereocenters. The number of benzene rings is 2. The van der Waals surface area contributed by atoms with Crippen molar-refractivity contribution in [2.45, 2.75) is 4.90 Å². The Morgan fingerprint density at radius 3 is 2.32 bits per heavy atom. The maximum atomic E-state index is 13.0. The molecule has 0 saturated carbocycles. The summed E-state index contributed by atoms with van der Waals surface area (Å²) in [6.07, 6.45) is 2.76. The lowest BCUT2D eigenvalue weighted by Crippen LogP contribution is -2.47. The number of rotatable bonds is 6. The third-order valence-electron chi connectivity index (χ3n) is 5.77. The highest BCUT2D eigenvalue weighted by Gasteiger charge is 2.25. The van der Waals surface area contributed by atoms with E-state index in [0.717, 1.165) is 24.5 Å². The van der Waals surface area contributed by atoms with Gasteiger partial charge in [0.05, 0.1) is 24.3 Å². The summed E-state index contributed by atoms with van der Waals surface area (Å²) in [4.78, 5) is 13.8. The first kappa shape index (κ1) is 22.0. The lowest BCUT2D eigenvalue weighted by Gasteiger charge is -2.37. The van der Waals surface area contributed by atoms with Crippen LogP contribution in [0.2, 0.25) is 0 Å². The number of ether oxygens (including phenoxy) is 1. The van der Waals surface area contributed by atoms with Gasteiger partial charge in [-0.05, 0) is 24.3 Å². The predicted octanol–water partition coefficient (Wildman–Crippen LogP) is 2.50. The molecule has 0 bridgehead atoms. The molecule has 1 N–H and O–H groups in total. The minimum Gasteiger partial charge on any atom is -0.497 e. The number of methoxy groups -OCH3 is 1. The fourth-order valence-electron chi connectivity index (χ4n) is 3.99. The molecule has 3 heterocycles. The van der Waals surface area contributed by atoms with Crippen molar-refractivity contribution in [3.63, 3.8) is 0 Å². The van der Waals surface area contributed by atoms with Crippen LogP contribution in [0, 0.1) is 0 Å². The molecule has 4 aromatic rings. The summed E-state index contributed by atoms with van der Waals surface area (Å²) < 4.78 is 35.5. The summed E-state index contributed by atoms with van der Waals surface area (Å²) in [6, 6.07) is 15.4. The van der Waals surface area contributed by atoms with Gasteiger partial charge >= 0.3 is 0 Å². The monoisotopic (exact) mass is 479 g/mol. The Labute approximate surface area is 197 Å². The van der Waals surface area contributed by atoms with Crippen molar-refractivity contribution in [3.05, 3.63) is 60.9 Å². The number of sulfonamides is 1. The van der Waals surface area contributed by atoms with Crippen LogP contribution in [0.5, 0.6) is 5.75 Å². The minimum absolute atomic E-state index is 0.0683. The van der Waals surface area contributed by atoms with Crippen LogP contribution in [0.3, 0.4) is 0 Å². The van der Waals surface area contributed by atoms with Gasteiger partial charge in [-0.1, -0.05) is 18.2 Å². The molecule has 2 aromatic carbocycles. The molecule has 0 aliphatic carbocycles. The molecular formula is C23H25N7O3S. The summed E-state index contributed by atoms with van der Waals surface area (Å²) in [5.74, 6) is 1.53. The fourth-order valence-corrected chi connectivity index (χ4v) is 4.97. The topological polar surface area (TPSA) is 105 Å². The highest BCUT2D eigenvalue weighted by Crippen LogP contribution is 2.29. The quantitative estimate of drug-likeness (QED) is 0.450. The van der Waals surface area contributed by atoms with E-state index in [1.165, 1.54) is 17.1 Å². The summed E-state index contributed by atoms with van der Waals surface area (Å²) in [5.41, 5.74) is 2.41. The van der Waals surface area contributed by atoms with Crippen LogP contribution in [0.25, 0.3) is 11.0 Å². The predicted molar refractivity (Wildman–Crippen MR) is 131 cm³/mol. The van der Waals surface area contributed by atoms with Crippen molar-refractivity contribution in [1.29, 1.82) is 0 Å². The van der Waals surface area contributed by atoms with E-state index in [4.69, 9.17) is 9.72 Å². The number of hydrogen-bond donors (Lipinski definition) is 1. The molecule has 1 saturated heterocycles. The largest absolute Gasteiger partial charge is 0.497 e. The van der Waals surface area contributed by atoms with Gasteiger partial charge in [0, 0.05) is 51.2 Å². The number of nitrogens with zero attached hydrogens (tertiary/aromatic N) is 6. The van der Waals surface area contributed by atoms with Crippen molar-refractivity contribution in [3.8, 4) is 5.75 Å². The van der Waals surface area contributed by atoms with E-state index in [2.05, 4.69) is 30.7 Å². The zero-order valence-electron chi connectivity index (χ0n) is 18.9. The van der Waals surface area contributed by atoms with Crippen LogP contribution in [0.15, 0.2) is 65.8 Å². The van der Waals surface area contributed by atoms with E-state index in [1.807, 2.05) is 42.5 Å². The maximum absolute atomic E-state index is 13.0. The van der Waals surface area contributed by atoms with E-state index >= 15 is 0 Å². The van der Waals surface area contributed by atoms with Gasteiger partial charge in [-0.3, -0.25) is 9.40 Å². The molecule has 0 amide bonds. The first-order valence-electron chi connectivity index (χ1n) is 10.9. The number of aryl methyl sites for hydroxylation is 1. The third kappa shape index (κ3) is 4.34. The molecule has 11 heteroatoms. The molecule has 5 rings (SSSR count). The number of aromatic nitrogens is 4. The van der Waals surface area contributed by atoms with Gasteiger partial charge in [0.2, 0.25) is 0 Å². The van der Waals surface area contributed by atoms with E-state index < -0.39 is 10.0 Å². The second kappa shape index (κ2) is 8.82. The van der Waals surface area contributed by atoms with Crippen molar-refractivity contribution in [2.75, 3.05) is 47.8 Å². The highest BCUT2D eigenvalue weighted by molar-refractivity contribution is 7.92. The molecular weight excluding hydrogens is 454 g/mol. The summed E-state index contributed by atoms with van der Waals surface area (Å²) in [6.45, 7) is 2.81. The highest BCUT2D eigenvalue weighted by atomic mass is 32.2. The SMILES string of the molecule is COc1cccc(N2CCN(c3nc4ccccc4nc3NS(=O)(=O)c3cnn(C)c3)CC2)c1. The van der Waals surface area contributed by atoms with Gasteiger partial charge in [-0.15, -0.1) is 0 Å².